The van der Waals surface area contributed by atoms with Crippen molar-refractivity contribution in [3.8, 4) is 0 Å². The largest absolute Gasteiger partial charge is 0.516 e. The Kier molecular flexibility index (Phi) is 3.51. The number of hydrogen-bond acceptors (Lipinski definition) is 3. The predicted octanol–water partition coefficient (Wildman–Crippen LogP) is 2.10. The van der Waals surface area contributed by atoms with Gasteiger partial charge in [-0.25, -0.2) is 4.57 Å². The summed E-state index contributed by atoms with van der Waals surface area (Å²) in [6.45, 7) is 8.54. The van der Waals surface area contributed by atoms with Gasteiger partial charge in [-0.3, -0.25) is 4.89 Å². The molecule has 0 heterocycles. The second-order valence-electron chi connectivity index (χ2n) is 2.94. The Hall–Kier alpha value is -0.0931. The predicted molar refractivity (Wildman–Crippen MR) is 45.5 cm³/mol. The van der Waals surface area contributed by atoms with Gasteiger partial charge in [0, 0.05) is 0 Å². The van der Waals surface area contributed by atoms with E-state index in [1.54, 1.807) is 19.6 Å². The van der Waals surface area contributed by atoms with Crippen LogP contribution < -0.4 is 0 Å². The van der Waals surface area contributed by atoms with Crippen LogP contribution in [0.15, 0.2) is 12.8 Å². The molecular weight excluding hydrogens is 183 g/mol. The van der Waals surface area contributed by atoms with Gasteiger partial charge in [-0.1, -0.05) is 6.58 Å². The van der Waals surface area contributed by atoms with E-state index in [1.165, 1.54) is 0 Å². The molecule has 0 radical (unpaired) electrons. The minimum Gasteiger partial charge on any atom is -0.413 e. The highest BCUT2D eigenvalue weighted by Crippen LogP contribution is 2.46. The van der Waals surface area contributed by atoms with Crippen molar-refractivity contribution >= 4 is 16.1 Å². The number of hydrogen-bond donors (Lipinski definition) is 1. The Balaban J connectivity index is 4.13. The van der Waals surface area contributed by atoms with Crippen molar-refractivity contribution in [3.05, 3.63) is 12.8 Å². The second-order valence-corrected chi connectivity index (χ2v) is 9.05. The van der Waals surface area contributed by atoms with Gasteiger partial charge in [0.2, 0.25) is 0 Å². The lowest BCUT2D eigenvalue weighted by Gasteiger charge is -2.19. The summed E-state index contributed by atoms with van der Waals surface area (Å²) in [5.74, 6) is 0. The lowest BCUT2D eigenvalue weighted by molar-refractivity contribution is 0.265. The van der Waals surface area contributed by atoms with E-state index in [2.05, 4.69) is 11.1 Å². The molecule has 0 spiro atoms. The molecule has 11 heavy (non-hydrogen) atoms. The summed E-state index contributed by atoms with van der Waals surface area (Å²) in [4.78, 5) is 8.92. The summed E-state index contributed by atoms with van der Waals surface area (Å²) in [7, 11) is -5.89. The van der Waals surface area contributed by atoms with Crippen LogP contribution in [0.4, 0.5) is 0 Å². The Morgan fingerprint density at radius 3 is 2.27 bits per heavy atom. The van der Waals surface area contributed by atoms with Crippen molar-refractivity contribution in [2.45, 2.75) is 19.6 Å². The van der Waals surface area contributed by atoms with Gasteiger partial charge in [-0.05, 0) is 19.6 Å². The van der Waals surface area contributed by atoms with Crippen LogP contribution in [0, 0.1) is 0 Å². The Labute approximate surface area is 67.6 Å². The van der Waals surface area contributed by atoms with Crippen molar-refractivity contribution in [2.24, 2.45) is 0 Å². The van der Waals surface area contributed by atoms with E-state index in [9.17, 15) is 4.57 Å². The fraction of sp³-hybridized carbons (Fsp3) is 0.600. The monoisotopic (exact) mass is 196 g/mol. The molecule has 0 saturated heterocycles. The van der Waals surface area contributed by atoms with Gasteiger partial charge < -0.3 is 8.74 Å². The molecule has 1 unspecified atom stereocenters. The standard InChI is InChI=1S/C5H13O4PSi/c1-5-8-10(6,7)9-11(2,3)4/h5H,1H2,2-4H3,(H,6,7). The molecule has 0 bridgehead atoms. The first-order valence-electron chi connectivity index (χ1n) is 3.10. The summed E-state index contributed by atoms with van der Waals surface area (Å²) < 4.78 is 20.0. The minimum atomic E-state index is -3.87. The molecule has 0 aromatic rings. The zero-order valence-electron chi connectivity index (χ0n) is 6.90. The van der Waals surface area contributed by atoms with Crippen LogP contribution in [0.5, 0.6) is 0 Å². The van der Waals surface area contributed by atoms with Crippen molar-refractivity contribution in [3.63, 3.8) is 0 Å². The molecule has 4 nitrogen and oxygen atoms in total. The van der Waals surface area contributed by atoms with E-state index in [4.69, 9.17) is 9.11 Å². The molecule has 0 saturated carbocycles. The van der Waals surface area contributed by atoms with Crippen LogP contribution >= 0.6 is 7.82 Å². The average Bonchev–Trinajstić information content (AvgIpc) is 1.55. The Bertz CT molecular complexity index is 185. The Morgan fingerprint density at radius 1 is 1.55 bits per heavy atom. The van der Waals surface area contributed by atoms with Gasteiger partial charge in [0.15, 0.2) is 8.32 Å². The van der Waals surface area contributed by atoms with Crippen LogP contribution in [0.1, 0.15) is 0 Å². The molecular formula is C5H13O4PSi. The molecule has 0 rings (SSSR count). The van der Waals surface area contributed by atoms with Crippen molar-refractivity contribution in [1.82, 2.24) is 0 Å². The third-order valence-corrected chi connectivity index (χ3v) is 4.13. The maximum absolute atomic E-state index is 10.9. The highest BCUT2D eigenvalue weighted by molar-refractivity contribution is 7.49. The van der Waals surface area contributed by atoms with Crippen LogP contribution in [-0.4, -0.2) is 13.2 Å². The molecule has 0 fully saturated rings. The first-order valence-corrected chi connectivity index (χ1v) is 8.00. The quantitative estimate of drug-likeness (QED) is 0.425. The van der Waals surface area contributed by atoms with Crippen molar-refractivity contribution in [1.29, 1.82) is 0 Å². The molecule has 1 N–H and O–H groups in total. The van der Waals surface area contributed by atoms with Gasteiger partial charge in [-0.15, -0.1) is 0 Å². The zero-order valence-corrected chi connectivity index (χ0v) is 8.80. The fourth-order valence-corrected chi connectivity index (χ4v) is 3.59. The van der Waals surface area contributed by atoms with E-state index >= 15 is 0 Å². The van der Waals surface area contributed by atoms with Crippen LogP contribution in [0.25, 0.3) is 0 Å². The maximum Gasteiger partial charge on any atom is 0.516 e. The normalized spacial score (nSPS) is 17.1. The lowest BCUT2D eigenvalue weighted by atomic mass is 11.2. The fourth-order valence-electron chi connectivity index (χ4n) is 0.462. The summed E-state index contributed by atoms with van der Waals surface area (Å²) in [6.07, 6.45) is 0.904. The van der Waals surface area contributed by atoms with Gasteiger partial charge in [0.05, 0.1) is 6.26 Å². The zero-order chi connectivity index (χ0) is 9.12. The molecule has 6 heteroatoms. The van der Waals surface area contributed by atoms with Crippen molar-refractivity contribution < 1.29 is 18.2 Å². The SMILES string of the molecule is C=COP(=O)(O)O[Si](C)(C)C. The van der Waals surface area contributed by atoms with E-state index in [0.29, 0.717) is 0 Å². The van der Waals surface area contributed by atoms with Gasteiger partial charge in [0.25, 0.3) is 0 Å². The van der Waals surface area contributed by atoms with Crippen LogP contribution in [-0.2, 0) is 13.3 Å². The third kappa shape index (κ3) is 6.31. The minimum absolute atomic E-state index is 0.904. The molecule has 66 valence electrons. The highest BCUT2D eigenvalue weighted by atomic mass is 31.2. The van der Waals surface area contributed by atoms with E-state index in [1.807, 2.05) is 0 Å². The molecule has 0 amide bonds. The first kappa shape index (κ1) is 10.9. The third-order valence-electron chi connectivity index (χ3n) is 0.597. The van der Waals surface area contributed by atoms with E-state index in [-0.39, 0.29) is 0 Å². The highest BCUT2D eigenvalue weighted by Gasteiger charge is 2.29. The van der Waals surface area contributed by atoms with E-state index in [0.717, 1.165) is 6.26 Å². The average molecular weight is 196 g/mol. The molecule has 0 aromatic carbocycles. The van der Waals surface area contributed by atoms with Gasteiger partial charge in [-0.2, -0.15) is 0 Å². The smallest absolute Gasteiger partial charge is 0.413 e. The van der Waals surface area contributed by atoms with Crippen molar-refractivity contribution in [2.75, 3.05) is 0 Å². The summed E-state index contributed by atoms with van der Waals surface area (Å²) in [5.41, 5.74) is 0. The molecule has 1 atom stereocenters. The van der Waals surface area contributed by atoms with Gasteiger partial charge >= 0.3 is 7.82 Å². The van der Waals surface area contributed by atoms with Gasteiger partial charge in [0.1, 0.15) is 0 Å². The molecule has 0 aliphatic heterocycles. The number of phosphoric acid groups is 1. The first-order chi connectivity index (χ1) is 4.77. The van der Waals surface area contributed by atoms with Crippen LogP contribution in [0.2, 0.25) is 19.6 Å². The Morgan fingerprint density at radius 2 is 2.00 bits per heavy atom. The molecule has 0 aromatic heterocycles. The van der Waals surface area contributed by atoms with Crippen LogP contribution in [0.3, 0.4) is 0 Å². The topological polar surface area (TPSA) is 55.8 Å². The second kappa shape index (κ2) is 3.54. The number of rotatable bonds is 4. The summed E-state index contributed by atoms with van der Waals surface area (Å²) >= 11 is 0. The molecule has 0 aliphatic carbocycles. The molecule has 0 aliphatic rings. The van der Waals surface area contributed by atoms with E-state index < -0.39 is 16.1 Å². The lowest BCUT2D eigenvalue weighted by Crippen LogP contribution is -2.23. The maximum atomic E-state index is 10.9. The number of phosphoric ester groups is 1. The summed E-state index contributed by atoms with van der Waals surface area (Å²) in [5, 5.41) is 0. The summed E-state index contributed by atoms with van der Waals surface area (Å²) in [6, 6.07) is 0.